The van der Waals surface area contributed by atoms with Crippen LogP contribution in [0, 0.1) is 6.92 Å². The number of alkyl halides is 3. The van der Waals surface area contributed by atoms with Crippen molar-refractivity contribution in [1.29, 1.82) is 0 Å². The molecule has 1 atom stereocenters. The smallest absolute Gasteiger partial charge is 0.406 e. The summed E-state index contributed by atoms with van der Waals surface area (Å²) in [4.78, 5) is 30.0. The van der Waals surface area contributed by atoms with Crippen molar-refractivity contribution in [1.82, 2.24) is 4.90 Å². The van der Waals surface area contributed by atoms with Gasteiger partial charge in [0, 0.05) is 19.6 Å². The van der Waals surface area contributed by atoms with Crippen LogP contribution >= 0.6 is 0 Å². The second-order valence-electron chi connectivity index (χ2n) is 9.29. The van der Waals surface area contributed by atoms with Gasteiger partial charge in [-0.25, -0.2) is 4.79 Å². The second kappa shape index (κ2) is 11.6. The van der Waals surface area contributed by atoms with Crippen LogP contribution < -0.4 is 15.0 Å². The molecule has 3 aromatic carbocycles. The fourth-order valence-electron chi connectivity index (χ4n) is 4.68. The van der Waals surface area contributed by atoms with Gasteiger partial charge in [-0.05, 0) is 60.7 Å². The number of nitrogens with zero attached hydrogens (tertiary/aromatic N) is 2. The molecule has 0 aromatic heterocycles. The molecule has 1 unspecified atom stereocenters. The van der Waals surface area contributed by atoms with Crippen molar-refractivity contribution in [2.75, 3.05) is 23.3 Å². The van der Waals surface area contributed by atoms with Gasteiger partial charge < -0.3 is 15.0 Å². The van der Waals surface area contributed by atoms with E-state index < -0.39 is 6.36 Å². The molecule has 6 nitrogen and oxygen atoms in total. The number of rotatable bonds is 8. The van der Waals surface area contributed by atoms with E-state index in [2.05, 4.69) is 10.1 Å². The van der Waals surface area contributed by atoms with Crippen molar-refractivity contribution >= 4 is 23.3 Å². The van der Waals surface area contributed by atoms with Gasteiger partial charge in [0.15, 0.2) is 0 Å². The highest BCUT2D eigenvalue weighted by Crippen LogP contribution is 2.32. The highest BCUT2D eigenvalue weighted by molar-refractivity contribution is 6.02. The molecule has 1 heterocycles. The van der Waals surface area contributed by atoms with Crippen LogP contribution in [0.2, 0.25) is 0 Å². The number of carbonyl (C=O) groups is 2. The maximum absolute atomic E-state index is 13.5. The van der Waals surface area contributed by atoms with Crippen LogP contribution in [0.4, 0.5) is 29.3 Å². The molecule has 3 aromatic rings. The highest BCUT2D eigenvalue weighted by atomic mass is 19.4. The Hall–Kier alpha value is -4.01. The van der Waals surface area contributed by atoms with E-state index in [1.165, 1.54) is 18.2 Å². The highest BCUT2D eigenvalue weighted by Gasteiger charge is 2.32. The van der Waals surface area contributed by atoms with Crippen LogP contribution in [-0.2, 0) is 11.3 Å². The maximum atomic E-state index is 13.5. The van der Waals surface area contributed by atoms with Crippen LogP contribution in [-0.4, -0.2) is 36.3 Å². The first-order chi connectivity index (χ1) is 18.1. The number of hydrogen-bond acceptors (Lipinski definition) is 3. The minimum atomic E-state index is -4.79. The third-order valence-electron chi connectivity index (χ3n) is 6.44. The third kappa shape index (κ3) is 6.65. The summed E-state index contributed by atoms with van der Waals surface area (Å²) in [5, 5.41) is 3.04. The fraction of sp³-hybridized carbons (Fsp3) is 0.310. The van der Waals surface area contributed by atoms with Crippen molar-refractivity contribution in [3.8, 4) is 5.75 Å². The third-order valence-corrected chi connectivity index (χ3v) is 6.44. The minimum absolute atomic E-state index is 0.129. The summed E-state index contributed by atoms with van der Waals surface area (Å²) in [5.41, 5.74) is 3.49. The van der Waals surface area contributed by atoms with E-state index in [4.69, 9.17) is 0 Å². The molecule has 38 heavy (non-hydrogen) atoms. The lowest BCUT2D eigenvalue weighted by atomic mass is 9.95. The molecule has 3 amide bonds. The number of anilines is 2. The molecule has 4 rings (SSSR count). The van der Waals surface area contributed by atoms with E-state index in [9.17, 15) is 22.8 Å². The lowest BCUT2D eigenvalue weighted by Crippen LogP contribution is -2.49. The summed E-state index contributed by atoms with van der Waals surface area (Å²) in [7, 11) is 0. The van der Waals surface area contributed by atoms with E-state index >= 15 is 0 Å². The van der Waals surface area contributed by atoms with Gasteiger partial charge in [0.25, 0.3) is 0 Å². The first kappa shape index (κ1) is 27.0. The van der Waals surface area contributed by atoms with Gasteiger partial charge in [-0.2, -0.15) is 0 Å². The average molecular weight is 526 g/mol. The summed E-state index contributed by atoms with van der Waals surface area (Å²) in [5.74, 6) is -0.832. The molecular weight excluding hydrogens is 495 g/mol. The van der Waals surface area contributed by atoms with Gasteiger partial charge in [-0.15, -0.1) is 13.2 Å². The number of carbonyl (C=O) groups excluding carboxylic acids is 2. The summed E-state index contributed by atoms with van der Waals surface area (Å²) >= 11 is 0. The van der Waals surface area contributed by atoms with E-state index in [0.717, 1.165) is 11.1 Å². The standard InChI is InChI=1S/C29H30F3N3O3/c1-3-24(22-10-5-4-6-11-22)27(36)33-25-17-20(2)13-14-26(25)35-16-8-15-34(28(35)37)19-21-9-7-12-23(18-21)38-29(30,31)32/h4-7,9-14,17-18,24H,3,8,15-16,19H2,1-2H3,(H,33,36). The first-order valence-corrected chi connectivity index (χ1v) is 12.5. The number of hydrogen-bond donors (Lipinski definition) is 1. The summed E-state index contributed by atoms with van der Waals surface area (Å²) in [6, 6.07) is 20.4. The molecular formula is C29H30F3N3O3. The predicted molar refractivity (Wildman–Crippen MR) is 140 cm³/mol. The van der Waals surface area contributed by atoms with E-state index in [1.54, 1.807) is 15.9 Å². The Morgan fingerprint density at radius 3 is 2.50 bits per heavy atom. The maximum Gasteiger partial charge on any atom is 0.573 e. The first-order valence-electron chi connectivity index (χ1n) is 12.5. The summed E-state index contributed by atoms with van der Waals surface area (Å²) in [6.45, 7) is 4.90. The molecule has 200 valence electrons. The van der Waals surface area contributed by atoms with Gasteiger partial charge in [-0.1, -0.05) is 55.5 Å². The molecule has 0 radical (unpaired) electrons. The molecule has 1 aliphatic rings. The van der Waals surface area contributed by atoms with Crippen LogP contribution in [0.5, 0.6) is 5.75 Å². The van der Waals surface area contributed by atoms with Gasteiger partial charge in [-0.3, -0.25) is 9.69 Å². The van der Waals surface area contributed by atoms with Gasteiger partial charge in [0.1, 0.15) is 5.75 Å². The Bertz CT molecular complexity index is 1280. The van der Waals surface area contributed by atoms with Crippen molar-refractivity contribution in [2.24, 2.45) is 0 Å². The van der Waals surface area contributed by atoms with Crippen molar-refractivity contribution in [3.63, 3.8) is 0 Å². The number of amides is 3. The molecule has 0 bridgehead atoms. The van der Waals surface area contributed by atoms with Crippen LogP contribution in [0.25, 0.3) is 0 Å². The molecule has 0 aliphatic carbocycles. The topological polar surface area (TPSA) is 61.9 Å². The molecule has 1 aliphatic heterocycles. The van der Waals surface area contributed by atoms with Crippen molar-refractivity contribution in [3.05, 3.63) is 89.5 Å². The molecule has 1 N–H and O–H groups in total. The van der Waals surface area contributed by atoms with Crippen molar-refractivity contribution in [2.45, 2.75) is 45.5 Å². The predicted octanol–water partition coefficient (Wildman–Crippen LogP) is 6.86. The second-order valence-corrected chi connectivity index (χ2v) is 9.29. The average Bonchev–Trinajstić information content (AvgIpc) is 2.86. The van der Waals surface area contributed by atoms with Gasteiger partial charge in [0.05, 0.1) is 17.3 Å². The SMILES string of the molecule is CCC(C(=O)Nc1cc(C)ccc1N1CCCN(Cc2cccc(OC(F)(F)F)c2)C1=O)c1ccccc1. The molecule has 0 saturated carbocycles. The lowest BCUT2D eigenvalue weighted by Gasteiger charge is -2.36. The van der Waals surface area contributed by atoms with E-state index in [0.29, 0.717) is 42.9 Å². The summed E-state index contributed by atoms with van der Waals surface area (Å²) in [6.07, 6.45) is -3.52. The minimum Gasteiger partial charge on any atom is -0.406 e. The molecule has 1 saturated heterocycles. The van der Waals surface area contributed by atoms with E-state index in [-0.39, 0.29) is 30.2 Å². The number of benzene rings is 3. The zero-order valence-corrected chi connectivity index (χ0v) is 21.3. The van der Waals surface area contributed by atoms with Crippen LogP contribution in [0.15, 0.2) is 72.8 Å². The molecule has 9 heteroatoms. The Morgan fingerprint density at radius 1 is 1.03 bits per heavy atom. The Morgan fingerprint density at radius 2 is 1.79 bits per heavy atom. The van der Waals surface area contributed by atoms with Crippen molar-refractivity contribution < 1.29 is 27.5 Å². The zero-order chi connectivity index (χ0) is 27.3. The quantitative estimate of drug-likeness (QED) is 0.350. The van der Waals surface area contributed by atoms with Crippen LogP contribution in [0.1, 0.15) is 42.4 Å². The monoisotopic (exact) mass is 525 g/mol. The molecule has 0 spiro atoms. The fourth-order valence-corrected chi connectivity index (χ4v) is 4.68. The van der Waals surface area contributed by atoms with Crippen LogP contribution in [0.3, 0.4) is 0 Å². The van der Waals surface area contributed by atoms with E-state index in [1.807, 2.05) is 62.4 Å². The Labute approximate surface area is 220 Å². The Balaban J connectivity index is 1.54. The van der Waals surface area contributed by atoms with Gasteiger partial charge >= 0.3 is 12.4 Å². The largest absolute Gasteiger partial charge is 0.573 e. The number of urea groups is 1. The number of ether oxygens (including phenoxy) is 1. The zero-order valence-electron chi connectivity index (χ0n) is 21.3. The van der Waals surface area contributed by atoms with Gasteiger partial charge in [0.2, 0.25) is 5.91 Å². The number of nitrogens with one attached hydrogen (secondary N) is 1. The summed E-state index contributed by atoms with van der Waals surface area (Å²) < 4.78 is 41.9. The normalized spacial score (nSPS) is 14.8. The lowest BCUT2D eigenvalue weighted by molar-refractivity contribution is -0.274. The number of aryl methyl sites for hydroxylation is 1. The number of halogens is 3. The molecule has 1 fully saturated rings. The Kier molecular flexibility index (Phi) is 8.24.